The molecule has 0 radical (unpaired) electrons. The maximum atomic E-state index is 11.6. The van der Waals surface area contributed by atoms with Crippen molar-refractivity contribution in [3.63, 3.8) is 0 Å². The third kappa shape index (κ3) is 2.35. The van der Waals surface area contributed by atoms with Gasteiger partial charge in [-0.05, 0) is 26.8 Å². The minimum absolute atomic E-state index is 0.0321. The molecule has 2 rings (SSSR count). The number of hydrogen-bond donors (Lipinski definition) is 2. The Labute approximate surface area is 98.7 Å². The molecule has 1 aromatic rings. The summed E-state index contributed by atoms with van der Waals surface area (Å²) in [6.45, 7) is 5.62. The molecule has 0 aliphatic carbocycles. The van der Waals surface area contributed by atoms with Crippen LogP contribution in [0, 0.1) is 6.92 Å². The van der Waals surface area contributed by atoms with Crippen molar-refractivity contribution in [1.29, 1.82) is 0 Å². The van der Waals surface area contributed by atoms with Gasteiger partial charge in [-0.15, -0.1) is 5.10 Å². The second-order valence-corrected chi connectivity index (χ2v) is 4.01. The molecule has 1 aliphatic rings. The number of aryl methyl sites for hydroxylation is 1. The molecule has 6 nitrogen and oxygen atoms in total. The van der Waals surface area contributed by atoms with E-state index in [-0.39, 0.29) is 12.0 Å². The summed E-state index contributed by atoms with van der Waals surface area (Å²) in [4.78, 5) is 11.6. The summed E-state index contributed by atoms with van der Waals surface area (Å²) in [5.74, 6) is 0.0619. The zero-order valence-corrected chi connectivity index (χ0v) is 9.94. The van der Waals surface area contributed by atoms with E-state index in [4.69, 9.17) is 4.74 Å². The Kier molecular flexibility index (Phi) is 2.95. The zero-order valence-electron chi connectivity index (χ0n) is 9.94. The largest absolute Gasteiger partial charge is 0.473 e. The SMILES string of the molecule is Cc1n[nH]cc1/C=C1/C(=O)NN=C1OC(C)C. The van der Waals surface area contributed by atoms with Crippen LogP contribution in [0.4, 0.5) is 0 Å². The van der Waals surface area contributed by atoms with Gasteiger partial charge in [-0.25, -0.2) is 5.43 Å². The second-order valence-electron chi connectivity index (χ2n) is 4.01. The fraction of sp³-hybridized carbons (Fsp3) is 0.364. The predicted octanol–water partition coefficient (Wildman–Crippen LogP) is 0.970. The summed E-state index contributed by atoms with van der Waals surface area (Å²) in [6.07, 6.45) is 3.40. The van der Waals surface area contributed by atoms with E-state index in [0.717, 1.165) is 11.3 Å². The summed E-state index contributed by atoms with van der Waals surface area (Å²) < 4.78 is 5.45. The molecule has 0 atom stereocenters. The summed E-state index contributed by atoms with van der Waals surface area (Å²) in [5, 5.41) is 10.6. The van der Waals surface area contributed by atoms with E-state index in [1.807, 2.05) is 20.8 Å². The van der Waals surface area contributed by atoms with Crippen LogP contribution in [0.3, 0.4) is 0 Å². The van der Waals surface area contributed by atoms with Gasteiger partial charge in [0.25, 0.3) is 5.91 Å². The van der Waals surface area contributed by atoms with Gasteiger partial charge in [0.2, 0.25) is 5.90 Å². The molecule has 1 amide bonds. The van der Waals surface area contributed by atoms with Crippen molar-refractivity contribution in [2.24, 2.45) is 5.10 Å². The van der Waals surface area contributed by atoms with E-state index in [1.165, 1.54) is 0 Å². The van der Waals surface area contributed by atoms with Gasteiger partial charge < -0.3 is 4.74 Å². The topological polar surface area (TPSA) is 79.4 Å². The molecule has 1 aromatic heterocycles. The molecule has 0 bridgehead atoms. The van der Waals surface area contributed by atoms with Gasteiger partial charge >= 0.3 is 0 Å². The van der Waals surface area contributed by atoms with Gasteiger partial charge in [-0.2, -0.15) is 5.10 Å². The molecule has 1 aliphatic heterocycles. The van der Waals surface area contributed by atoms with E-state index in [2.05, 4.69) is 20.7 Å². The van der Waals surface area contributed by atoms with Crippen molar-refractivity contribution in [1.82, 2.24) is 15.6 Å². The number of ether oxygens (including phenoxy) is 1. The monoisotopic (exact) mass is 234 g/mol. The van der Waals surface area contributed by atoms with Gasteiger partial charge in [0.1, 0.15) is 5.57 Å². The second kappa shape index (κ2) is 4.40. The minimum Gasteiger partial charge on any atom is -0.473 e. The average Bonchev–Trinajstić information content (AvgIpc) is 2.79. The lowest BCUT2D eigenvalue weighted by Gasteiger charge is -2.08. The first-order chi connectivity index (χ1) is 8.08. The van der Waals surface area contributed by atoms with Crippen LogP contribution in [0.2, 0.25) is 0 Å². The highest BCUT2D eigenvalue weighted by atomic mass is 16.5. The van der Waals surface area contributed by atoms with E-state index >= 15 is 0 Å². The number of carbonyl (C=O) groups is 1. The van der Waals surface area contributed by atoms with E-state index in [1.54, 1.807) is 12.3 Å². The Morgan fingerprint density at radius 3 is 2.82 bits per heavy atom. The Bertz CT molecular complexity index is 499. The van der Waals surface area contributed by atoms with Crippen molar-refractivity contribution >= 4 is 17.9 Å². The molecule has 0 saturated carbocycles. The van der Waals surface area contributed by atoms with Crippen molar-refractivity contribution in [3.05, 3.63) is 23.0 Å². The fourth-order valence-electron chi connectivity index (χ4n) is 1.43. The van der Waals surface area contributed by atoms with E-state index in [9.17, 15) is 4.79 Å². The molecule has 0 spiro atoms. The van der Waals surface area contributed by atoms with Crippen LogP contribution in [0.1, 0.15) is 25.1 Å². The van der Waals surface area contributed by atoms with E-state index in [0.29, 0.717) is 11.5 Å². The Morgan fingerprint density at radius 2 is 2.24 bits per heavy atom. The fourth-order valence-corrected chi connectivity index (χ4v) is 1.43. The smallest absolute Gasteiger partial charge is 0.277 e. The number of aromatic nitrogens is 2. The lowest BCUT2D eigenvalue weighted by atomic mass is 10.1. The highest BCUT2D eigenvalue weighted by Gasteiger charge is 2.25. The Hall–Kier alpha value is -2.11. The average molecular weight is 234 g/mol. The number of H-pyrrole nitrogens is 1. The molecular formula is C11H14N4O2. The predicted molar refractivity (Wildman–Crippen MR) is 63.1 cm³/mol. The number of nitrogens with one attached hydrogen (secondary N) is 2. The molecule has 0 saturated heterocycles. The normalized spacial score (nSPS) is 17.5. The highest BCUT2D eigenvalue weighted by molar-refractivity contribution is 6.24. The first kappa shape index (κ1) is 11.4. The maximum absolute atomic E-state index is 11.6. The van der Waals surface area contributed by atoms with Crippen molar-refractivity contribution < 1.29 is 9.53 Å². The summed E-state index contributed by atoms with van der Waals surface area (Å²) in [7, 11) is 0. The molecule has 0 fully saturated rings. The number of aromatic amines is 1. The highest BCUT2D eigenvalue weighted by Crippen LogP contribution is 2.15. The Balaban J connectivity index is 2.29. The third-order valence-corrected chi connectivity index (χ3v) is 2.25. The van der Waals surface area contributed by atoms with E-state index < -0.39 is 0 Å². The zero-order chi connectivity index (χ0) is 12.4. The van der Waals surface area contributed by atoms with Crippen molar-refractivity contribution in [3.8, 4) is 0 Å². The third-order valence-electron chi connectivity index (χ3n) is 2.25. The first-order valence-corrected chi connectivity index (χ1v) is 5.35. The van der Waals surface area contributed by atoms with Crippen LogP contribution in [-0.4, -0.2) is 28.1 Å². The number of nitrogens with zero attached hydrogens (tertiary/aromatic N) is 2. The lowest BCUT2D eigenvalue weighted by Crippen LogP contribution is -2.16. The maximum Gasteiger partial charge on any atom is 0.277 e. The minimum atomic E-state index is -0.263. The quantitative estimate of drug-likeness (QED) is 0.748. The Morgan fingerprint density at radius 1 is 1.47 bits per heavy atom. The van der Waals surface area contributed by atoms with Gasteiger partial charge in [0.15, 0.2) is 0 Å². The lowest BCUT2D eigenvalue weighted by molar-refractivity contribution is -0.116. The number of amides is 1. The molecule has 2 heterocycles. The summed E-state index contributed by atoms with van der Waals surface area (Å²) >= 11 is 0. The molecule has 0 aromatic carbocycles. The van der Waals surface area contributed by atoms with Gasteiger partial charge in [0.05, 0.1) is 11.8 Å². The van der Waals surface area contributed by atoms with Crippen LogP contribution >= 0.6 is 0 Å². The molecular weight excluding hydrogens is 220 g/mol. The molecule has 17 heavy (non-hydrogen) atoms. The number of hydrazone groups is 1. The molecule has 90 valence electrons. The first-order valence-electron chi connectivity index (χ1n) is 5.35. The summed E-state index contributed by atoms with van der Waals surface area (Å²) in [5.41, 5.74) is 4.47. The van der Waals surface area contributed by atoms with Gasteiger partial charge in [-0.1, -0.05) is 0 Å². The van der Waals surface area contributed by atoms with Gasteiger partial charge in [-0.3, -0.25) is 9.89 Å². The van der Waals surface area contributed by atoms with Crippen LogP contribution in [0.15, 0.2) is 16.9 Å². The van der Waals surface area contributed by atoms with Crippen LogP contribution in [-0.2, 0) is 9.53 Å². The van der Waals surface area contributed by atoms with Crippen LogP contribution < -0.4 is 5.43 Å². The molecule has 2 N–H and O–H groups in total. The number of rotatable bonds is 2. The van der Waals surface area contributed by atoms with Crippen LogP contribution in [0.25, 0.3) is 6.08 Å². The molecule has 6 heteroatoms. The van der Waals surface area contributed by atoms with Crippen molar-refractivity contribution in [2.75, 3.05) is 0 Å². The number of hydrogen-bond acceptors (Lipinski definition) is 4. The van der Waals surface area contributed by atoms with Crippen molar-refractivity contribution in [2.45, 2.75) is 26.9 Å². The number of carbonyl (C=O) groups excluding carboxylic acids is 1. The van der Waals surface area contributed by atoms with Gasteiger partial charge in [0, 0.05) is 11.8 Å². The van der Waals surface area contributed by atoms with Crippen LogP contribution in [0.5, 0.6) is 0 Å². The standard InChI is InChI=1S/C11H14N4O2/c1-6(2)17-11-9(10(16)14-15-11)4-8-5-12-13-7(8)3/h4-6H,1-3H3,(H,12,13)(H,14,16)/b9-4-. The summed E-state index contributed by atoms with van der Waals surface area (Å²) in [6, 6.07) is 0. The molecule has 0 unspecified atom stereocenters.